The average molecular weight is 179 g/mol. The molecule has 0 saturated heterocycles. The molecule has 1 aromatic heterocycles. The molecule has 0 atom stereocenters. The quantitative estimate of drug-likeness (QED) is 0.641. The first kappa shape index (κ1) is 8.41. The number of hydrogen-bond donors (Lipinski definition) is 0. The van der Waals surface area contributed by atoms with Crippen LogP contribution in [0.25, 0.3) is 0 Å². The topological polar surface area (TPSA) is 47.8 Å². The van der Waals surface area contributed by atoms with Crippen molar-refractivity contribution in [1.29, 1.82) is 0 Å². The molecule has 0 N–H and O–H groups in total. The zero-order chi connectivity index (χ0) is 9.26. The van der Waals surface area contributed by atoms with Crippen LogP contribution in [0.5, 0.6) is 0 Å². The predicted octanol–water partition coefficient (Wildman–Crippen LogP) is 1.19. The number of carbonyl (C=O) groups is 1. The second-order valence-electron chi connectivity index (χ2n) is 3.59. The number of ketones is 1. The standard InChI is InChI=1S/C9H13N3O/c1-12-8(6-10-11-12)9(13)7-4-2-3-5-7/h6-7H,2-5H2,1H3. The minimum Gasteiger partial charge on any atom is -0.292 e. The third kappa shape index (κ3) is 1.48. The summed E-state index contributed by atoms with van der Waals surface area (Å²) in [7, 11) is 1.76. The summed E-state index contributed by atoms with van der Waals surface area (Å²) in [5.41, 5.74) is 0.645. The van der Waals surface area contributed by atoms with Crippen molar-refractivity contribution in [2.24, 2.45) is 13.0 Å². The number of hydrogen-bond acceptors (Lipinski definition) is 3. The molecule has 1 heterocycles. The molecule has 1 aromatic rings. The third-order valence-electron chi connectivity index (χ3n) is 2.69. The van der Waals surface area contributed by atoms with E-state index in [0.29, 0.717) is 5.69 Å². The summed E-state index contributed by atoms with van der Waals surface area (Å²) in [6.45, 7) is 0. The fourth-order valence-corrected chi connectivity index (χ4v) is 1.91. The Hall–Kier alpha value is -1.19. The summed E-state index contributed by atoms with van der Waals surface area (Å²) in [4.78, 5) is 11.8. The Labute approximate surface area is 76.9 Å². The van der Waals surface area contributed by atoms with Gasteiger partial charge < -0.3 is 0 Å². The number of Topliss-reactive ketones (excluding diaryl/α,β-unsaturated/α-hetero) is 1. The zero-order valence-corrected chi connectivity index (χ0v) is 7.73. The summed E-state index contributed by atoms with van der Waals surface area (Å²) in [6.07, 6.45) is 5.98. The van der Waals surface area contributed by atoms with Gasteiger partial charge in [0.15, 0.2) is 5.78 Å². The Balaban J connectivity index is 2.17. The van der Waals surface area contributed by atoms with Gasteiger partial charge in [0.2, 0.25) is 0 Å². The van der Waals surface area contributed by atoms with Crippen LogP contribution in [0.1, 0.15) is 36.2 Å². The van der Waals surface area contributed by atoms with E-state index < -0.39 is 0 Å². The van der Waals surface area contributed by atoms with E-state index in [0.717, 1.165) is 12.8 Å². The monoisotopic (exact) mass is 179 g/mol. The Bertz CT molecular complexity index is 312. The van der Waals surface area contributed by atoms with Crippen LogP contribution in [0.4, 0.5) is 0 Å². The number of rotatable bonds is 2. The highest BCUT2D eigenvalue weighted by molar-refractivity contribution is 5.96. The molecule has 0 aromatic carbocycles. The van der Waals surface area contributed by atoms with Gasteiger partial charge in [0, 0.05) is 13.0 Å². The number of carbonyl (C=O) groups excluding carboxylic acids is 1. The van der Waals surface area contributed by atoms with E-state index in [1.807, 2.05) is 0 Å². The lowest BCUT2D eigenvalue weighted by atomic mass is 10.0. The molecule has 1 fully saturated rings. The first-order valence-corrected chi connectivity index (χ1v) is 4.68. The molecule has 4 heteroatoms. The second kappa shape index (κ2) is 3.28. The van der Waals surface area contributed by atoms with Crippen LogP contribution < -0.4 is 0 Å². The van der Waals surface area contributed by atoms with Crippen molar-refractivity contribution in [2.45, 2.75) is 25.7 Å². The van der Waals surface area contributed by atoms with E-state index in [1.165, 1.54) is 12.8 Å². The van der Waals surface area contributed by atoms with E-state index in [2.05, 4.69) is 10.3 Å². The average Bonchev–Trinajstić information content (AvgIpc) is 2.72. The Kier molecular flexibility index (Phi) is 2.12. The van der Waals surface area contributed by atoms with Crippen molar-refractivity contribution in [2.75, 3.05) is 0 Å². The molecular weight excluding hydrogens is 166 g/mol. The van der Waals surface area contributed by atoms with Crippen LogP contribution in [0.15, 0.2) is 6.20 Å². The highest BCUT2D eigenvalue weighted by Crippen LogP contribution is 2.27. The zero-order valence-electron chi connectivity index (χ0n) is 7.73. The van der Waals surface area contributed by atoms with Gasteiger partial charge in [-0.15, -0.1) is 5.10 Å². The first-order valence-electron chi connectivity index (χ1n) is 4.68. The molecule has 0 bridgehead atoms. The van der Waals surface area contributed by atoms with Crippen molar-refractivity contribution in [3.8, 4) is 0 Å². The maximum absolute atomic E-state index is 11.8. The lowest BCUT2D eigenvalue weighted by Crippen LogP contribution is -2.15. The minimum absolute atomic E-state index is 0.213. The smallest absolute Gasteiger partial charge is 0.185 e. The van der Waals surface area contributed by atoms with Crippen molar-refractivity contribution >= 4 is 5.78 Å². The van der Waals surface area contributed by atoms with Gasteiger partial charge in [-0.3, -0.25) is 4.79 Å². The van der Waals surface area contributed by atoms with Gasteiger partial charge in [-0.25, -0.2) is 4.68 Å². The fourth-order valence-electron chi connectivity index (χ4n) is 1.91. The number of nitrogens with zero attached hydrogens (tertiary/aromatic N) is 3. The van der Waals surface area contributed by atoms with E-state index in [9.17, 15) is 4.79 Å². The van der Waals surface area contributed by atoms with Crippen LogP contribution >= 0.6 is 0 Å². The van der Waals surface area contributed by atoms with E-state index in [1.54, 1.807) is 17.9 Å². The van der Waals surface area contributed by atoms with Crippen LogP contribution in [-0.2, 0) is 7.05 Å². The molecular formula is C9H13N3O. The summed E-state index contributed by atoms with van der Waals surface area (Å²) in [6, 6.07) is 0. The van der Waals surface area contributed by atoms with Crippen molar-refractivity contribution in [3.63, 3.8) is 0 Å². The molecule has 1 saturated carbocycles. The number of aryl methyl sites for hydroxylation is 1. The van der Waals surface area contributed by atoms with Gasteiger partial charge in [-0.2, -0.15) is 0 Å². The lowest BCUT2D eigenvalue weighted by molar-refractivity contribution is 0.0913. The van der Waals surface area contributed by atoms with Crippen molar-refractivity contribution in [3.05, 3.63) is 11.9 Å². The Morgan fingerprint density at radius 3 is 2.77 bits per heavy atom. The molecule has 4 nitrogen and oxygen atoms in total. The Morgan fingerprint density at radius 1 is 1.54 bits per heavy atom. The molecule has 0 amide bonds. The molecule has 13 heavy (non-hydrogen) atoms. The highest BCUT2D eigenvalue weighted by Gasteiger charge is 2.25. The van der Waals surface area contributed by atoms with Crippen LogP contribution in [0, 0.1) is 5.92 Å². The van der Waals surface area contributed by atoms with E-state index in [4.69, 9.17) is 0 Å². The van der Waals surface area contributed by atoms with Crippen molar-refractivity contribution < 1.29 is 4.79 Å². The molecule has 1 aliphatic carbocycles. The normalized spacial score (nSPS) is 17.9. The second-order valence-corrected chi connectivity index (χ2v) is 3.59. The maximum atomic E-state index is 11.8. The van der Waals surface area contributed by atoms with Crippen LogP contribution in [0.3, 0.4) is 0 Å². The van der Waals surface area contributed by atoms with E-state index in [-0.39, 0.29) is 11.7 Å². The molecule has 2 rings (SSSR count). The number of aromatic nitrogens is 3. The predicted molar refractivity (Wildman–Crippen MR) is 47.3 cm³/mol. The Morgan fingerprint density at radius 2 is 2.23 bits per heavy atom. The molecule has 70 valence electrons. The molecule has 0 spiro atoms. The summed E-state index contributed by atoms with van der Waals surface area (Å²) < 4.78 is 1.56. The molecule has 0 radical (unpaired) electrons. The highest BCUT2D eigenvalue weighted by atomic mass is 16.1. The van der Waals surface area contributed by atoms with Crippen molar-refractivity contribution in [1.82, 2.24) is 15.0 Å². The van der Waals surface area contributed by atoms with Gasteiger partial charge in [0.05, 0.1) is 6.20 Å². The fraction of sp³-hybridized carbons (Fsp3) is 0.667. The minimum atomic E-state index is 0.213. The van der Waals surface area contributed by atoms with Gasteiger partial charge >= 0.3 is 0 Å². The molecule has 0 unspecified atom stereocenters. The first-order chi connectivity index (χ1) is 6.29. The van der Waals surface area contributed by atoms with Gasteiger partial charge in [0.1, 0.15) is 5.69 Å². The van der Waals surface area contributed by atoms with Gasteiger partial charge in [-0.1, -0.05) is 18.1 Å². The molecule has 0 aliphatic heterocycles. The van der Waals surface area contributed by atoms with Crippen LogP contribution in [-0.4, -0.2) is 20.8 Å². The summed E-state index contributed by atoms with van der Waals surface area (Å²) in [5.74, 6) is 0.433. The van der Waals surface area contributed by atoms with Crippen LogP contribution in [0.2, 0.25) is 0 Å². The molecule has 1 aliphatic rings. The summed E-state index contributed by atoms with van der Waals surface area (Å²) >= 11 is 0. The lowest BCUT2D eigenvalue weighted by Gasteiger charge is -2.06. The van der Waals surface area contributed by atoms with E-state index >= 15 is 0 Å². The third-order valence-corrected chi connectivity index (χ3v) is 2.69. The summed E-state index contributed by atoms with van der Waals surface area (Å²) in [5, 5.41) is 7.46. The largest absolute Gasteiger partial charge is 0.292 e. The maximum Gasteiger partial charge on any atom is 0.185 e. The van der Waals surface area contributed by atoms with Gasteiger partial charge in [0.25, 0.3) is 0 Å². The SMILES string of the molecule is Cn1nncc1C(=O)C1CCCC1. The van der Waals surface area contributed by atoms with Gasteiger partial charge in [-0.05, 0) is 12.8 Å².